The number of hydrogen-bond acceptors (Lipinski definition) is 3. The van der Waals surface area contributed by atoms with Gasteiger partial charge < -0.3 is 9.47 Å². The van der Waals surface area contributed by atoms with E-state index in [9.17, 15) is 0 Å². The molecule has 2 heterocycles. The lowest BCUT2D eigenvalue weighted by atomic mass is 10.0. The summed E-state index contributed by atoms with van der Waals surface area (Å²) < 4.78 is 12.1. The Morgan fingerprint density at radius 1 is 1.24 bits per heavy atom. The van der Waals surface area contributed by atoms with E-state index in [4.69, 9.17) is 9.47 Å². The molecule has 1 saturated heterocycles. The summed E-state index contributed by atoms with van der Waals surface area (Å²) in [6.45, 7) is 1.94. The Labute approximate surface area is 108 Å². The average molecular weight is 294 g/mol. The van der Waals surface area contributed by atoms with E-state index in [0.29, 0.717) is 19.8 Å². The third kappa shape index (κ3) is 2.20. The summed E-state index contributed by atoms with van der Waals surface area (Å²) in [5.74, 6) is 0. The van der Waals surface area contributed by atoms with E-state index in [1.807, 2.05) is 24.3 Å². The van der Waals surface area contributed by atoms with E-state index < -0.39 is 0 Å². The lowest BCUT2D eigenvalue weighted by Crippen LogP contribution is -2.22. The van der Waals surface area contributed by atoms with E-state index in [2.05, 4.69) is 27.0 Å². The van der Waals surface area contributed by atoms with Gasteiger partial charge in [-0.25, -0.2) is 4.98 Å². The summed E-state index contributed by atoms with van der Waals surface area (Å²) in [4.78, 5) is 4.45. The highest BCUT2D eigenvalue weighted by Crippen LogP contribution is 2.29. The molecule has 0 bridgehead atoms. The van der Waals surface area contributed by atoms with Crippen LogP contribution in [0.3, 0.4) is 0 Å². The van der Waals surface area contributed by atoms with Crippen molar-refractivity contribution in [1.29, 1.82) is 0 Å². The van der Waals surface area contributed by atoms with Gasteiger partial charge in [0, 0.05) is 5.39 Å². The number of para-hydroxylation sites is 1. The summed E-state index contributed by atoms with van der Waals surface area (Å²) in [5, 5.41) is 1.13. The SMILES string of the molecule is Brc1cc([C@H]2COCCO2)c2ccccc2n1. The van der Waals surface area contributed by atoms with Gasteiger partial charge >= 0.3 is 0 Å². The number of hydrogen-bond donors (Lipinski definition) is 0. The lowest BCUT2D eigenvalue weighted by Gasteiger charge is -2.24. The second-order valence-corrected chi connectivity index (χ2v) is 4.80. The zero-order valence-electron chi connectivity index (χ0n) is 9.23. The summed E-state index contributed by atoms with van der Waals surface area (Å²) in [6.07, 6.45) is 0.00736. The zero-order valence-corrected chi connectivity index (χ0v) is 10.8. The smallest absolute Gasteiger partial charge is 0.107 e. The highest BCUT2D eigenvalue weighted by Gasteiger charge is 2.19. The van der Waals surface area contributed by atoms with Gasteiger partial charge in [0.15, 0.2) is 0 Å². The standard InChI is InChI=1S/C13H12BrNO2/c14-13-7-10(12-8-16-5-6-17-12)9-3-1-2-4-11(9)15-13/h1-4,7,12H,5-6,8H2/t12-/m1/s1. The monoisotopic (exact) mass is 293 g/mol. The number of aromatic nitrogens is 1. The van der Waals surface area contributed by atoms with Crippen molar-refractivity contribution < 1.29 is 9.47 Å². The molecule has 1 aliphatic heterocycles. The summed E-state index contributed by atoms with van der Waals surface area (Å²) in [5.41, 5.74) is 2.12. The fraction of sp³-hybridized carbons (Fsp3) is 0.308. The molecule has 0 N–H and O–H groups in total. The van der Waals surface area contributed by atoms with Gasteiger partial charge in [-0.15, -0.1) is 0 Å². The van der Waals surface area contributed by atoms with Crippen LogP contribution in [0.2, 0.25) is 0 Å². The van der Waals surface area contributed by atoms with Gasteiger partial charge in [-0.3, -0.25) is 0 Å². The normalized spacial score (nSPS) is 20.6. The van der Waals surface area contributed by atoms with Crippen molar-refractivity contribution in [3.63, 3.8) is 0 Å². The Morgan fingerprint density at radius 3 is 2.94 bits per heavy atom. The first-order valence-corrected chi connectivity index (χ1v) is 6.38. The Bertz CT molecular complexity index is 538. The predicted octanol–water partition coefficient (Wildman–Crippen LogP) is 3.09. The summed E-state index contributed by atoms with van der Waals surface area (Å²) in [6, 6.07) is 10.1. The van der Waals surface area contributed by atoms with Gasteiger partial charge in [0.05, 0.1) is 25.3 Å². The Morgan fingerprint density at radius 2 is 2.12 bits per heavy atom. The van der Waals surface area contributed by atoms with E-state index in [0.717, 1.165) is 21.1 Å². The molecule has 0 radical (unpaired) electrons. The second kappa shape index (κ2) is 4.72. The van der Waals surface area contributed by atoms with Crippen LogP contribution < -0.4 is 0 Å². The number of benzene rings is 1. The molecule has 2 aromatic rings. The van der Waals surface area contributed by atoms with Crippen LogP contribution in [0.15, 0.2) is 34.9 Å². The topological polar surface area (TPSA) is 31.4 Å². The molecule has 3 rings (SSSR count). The van der Waals surface area contributed by atoms with Crippen LogP contribution in [0.25, 0.3) is 10.9 Å². The second-order valence-electron chi connectivity index (χ2n) is 3.99. The van der Waals surface area contributed by atoms with Crippen molar-refractivity contribution >= 4 is 26.8 Å². The Kier molecular flexibility index (Phi) is 3.09. The van der Waals surface area contributed by atoms with Crippen LogP contribution >= 0.6 is 15.9 Å². The third-order valence-corrected chi connectivity index (χ3v) is 3.29. The molecule has 0 saturated carbocycles. The van der Waals surface area contributed by atoms with Gasteiger partial charge in [0.25, 0.3) is 0 Å². The molecule has 4 heteroatoms. The molecule has 0 spiro atoms. The van der Waals surface area contributed by atoms with Crippen molar-refractivity contribution in [1.82, 2.24) is 4.98 Å². The molecule has 0 aliphatic carbocycles. The molecule has 1 aromatic heterocycles. The lowest BCUT2D eigenvalue weighted by molar-refractivity contribution is -0.0896. The van der Waals surface area contributed by atoms with Gasteiger partial charge in [-0.1, -0.05) is 18.2 Å². The van der Waals surface area contributed by atoms with E-state index in [1.165, 1.54) is 0 Å². The van der Waals surface area contributed by atoms with Crippen molar-refractivity contribution in [2.75, 3.05) is 19.8 Å². The first-order valence-electron chi connectivity index (χ1n) is 5.59. The van der Waals surface area contributed by atoms with Crippen molar-refractivity contribution in [2.45, 2.75) is 6.10 Å². The number of pyridine rings is 1. The fourth-order valence-electron chi connectivity index (χ4n) is 2.10. The Hall–Kier alpha value is -0.970. The van der Waals surface area contributed by atoms with Crippen LogP contribution in [-0.4, -0.2) is 24.8 Å². The third-order valence-electron chi connectivity index (χ3n) is 2.88. The van der Waals surface area contributed by atoms with Crippen molar-refractivity contribution in [2.24, 2.45) is 0 Å². The predicted molar refractivity (Wildman–Crippen MR) is 69.0 cm³/mol. The molecule has 0 unspecified atom stereocenters. The molecule has 88 valence electrons. The maximum Gasteiger partial charge on any atom is 0.107 e. The number of nitrogens with zero attached hydrogens (tertiary/aromatic N) is 1. The minimum absolute atomic E-state index is 0.00736. The van der Waals surface area contributed by atoms with Gasteiger partial charge in [0.1, 0.15) is 10.7 Å². The molecule has 1 atom stereocenters. The summed E-state index contributed by atoms with van der Waals surface area (Å²) >= 11 is 3.44. The fourth-order valence-corrected chi connectivity index (χ4v) is 2.54. The minimum atomic E-state index is 0.00736. The number of rotatable bonds is 1. The van der Waals surface area contributed by atoms with Gasteiger partial charge in [-0.2, -0.15) is 0 Å². The maximum atomic E-state index is 5.75. The quantitative estimate of drug-likeness (QED) is 0.757. The van der Waals surface area contributed by atoms with Gasteiger partial charge in [0.2, 0.25) is 0 Å². The van der Waals surface area contributed by atoms with Crippen molar-refractivity contribution in [3.8, 4) is 0 Å². The number of fused-ring (bicyclic) bond motifs is 1. The zero-order chi connectivity index (χ0) is 11.7. The summed E-state index contributed by atoms with van der Waals surface area (Å²) in [7, 11) is 0. The molecule has 0 amide bonds. The average Bonchev–Trinajstić information content (AvgIpc) is 2.39. The van der Waals surface area contributed by atoms with Crippen LogP contribution in [0.4, 0.5) is 0 Å². The van der Waals surface area contributed by atoms with E-state index >= 15 is 0 Å². The molecule has 1 aromatic carbocycles. The highest BCUT2D eigenvalue weighted by atomic mass is 79.9. The van der Waals surface area contributed by atoms with Crippen LogP contribution in [0, 0.1) is 0 Å². The maximum absolute atomic E-state index is 5.75. The molecule has 3 nitrogen and oxygen atoms in total. The van der Waals surface area contributed by atoms with Crippen LogP contribution in [0.1, 0.15) is 11.7 Å². The molecule has 1 aliphatic rings. The molecular weight excluding hydrogens is 282 g/mol. The van der Waals surface area contributed by atoms with Crippen LogP contribution in [-0.2, 0) is 9.47 Å². The highest BCUT2D eigenvalue weighted by molar-refractivity contribution is 9.10. The van der Waals surface area contributed by atoms with Crippen LogP contribution in [0.5, 0.6) is 0 Å². The molecular formula is C13H12BrNO2. The minimum Gasteiger partial charge on any atom is -0.376 e. The number of ether oxygens (including phenoxy) is 2. The Balaban J connectivity index is 2.13. The van der Waals surface area contributed by atoms with Gasteiger partial charge in [-0.05, 0) is 33.6 Å². The number of halogens is 1. The first-order chi connectivity index (χ1) is 8.34. The van der Waals surface area contributed by atoms with E-state index in [1.54, 1.807) is 0 Å². The first kappa shape index (κ1) is 11.1. The molecule has 17 heavy (non-hydrogen) atoms. The largest absolute Gasteiger partial charge is 0.376 e. The van der Waals surface area contributed by atoms with Crippen molar-refractivity contribution in [3.05, 3.63) is 40.5 Å². The van der Waals surface area contributed by atoms with E-state index in [-0.39, 0.29) is 6.10 Å². The molecule has 1 fully saturated rings.